The van der Waals surface area contributed by atoms with Crippen molar-refractivity contribution < 1.29 is 9.21 Å². The first-order chi connectivity index (χ1) is 14.7. The van der Waals surface area contributed by atoms with Crippen LogP contribution in [0.25, 0.3) is 17.1 Å². The van der Waals surface area contributed by atoms with Gasteiger partial charge in [-0.15, -0.1) is 10.2 Å². The van der Waals surface area contributed by atoms with Gasteiger partial charge in [-0.3, -0.25) is 9.36 Å². The Morgan fingerprint density at radius 3 is 2.63 bits per heavy atom. The zero-order chi connectivity index (χ0) is 20.8. The van der Waals surface area contributed by atoms with Crippen molar-refractivity contribution in [2.75, 3.05) is 5.75 Å². The normalized spacial score (nSPS) is 11.1. The molecule has 2 aromatic heterocycles. The molecule has 2 aromatic carbocycles. The lowest BCUT2D eigenvalue weighted by Crippen LogP contribution is -2.19. The standard InChI is InChI=1S/C21H16ClN5O2S/c22-16-10-8-15(9-11-16)20-25-26-21(27(20)17-5-2-1-3-6-17)30-14-19(28)24-23-13-18-7-4-12-29-18/h1-13H,14H2,(H,24,28)/b23-13+. The van der Waals surface area contributed by atoms with Crippen LogP contribution in [0.3, 0.4) is 0 Å². The number of aromatic nitrogens is 3. The van der Waals surface area contributed by atoms with E-state index in [4.69, 9.17) is 16.0 Å². The van der Waals surface area contributed by atoms with Crippen molar-refractivity contribution >= 4 is 35.5 Å². The molecule has 1 amide bonds. The summed E-state index contributed by atoms with van der Waals surface area (Å²) in [7, 11) is 0. The Morgan fingerprint density at radius 1 is 1.10 bits per heavy atom. The molecule has 1 N–H and O–H groups in total. The molecular weight excluding hydrogens is 422 g/mol. The second kappa shape index (κ2) is 9.43. The molecule has 0 aliphatic rings. The minimum Gasteiger partial charge on any atom is -0.463 e. The molecule has 150 valence electrons. The van der Waals surface area contributed by atoms with E-state index in [9.17, 15) is 4.79 Å². The van der Waals surface area contributed by atoms with E-state index < -0.39 is 0 Å². The van der Waals surface area contributed by atoms with Crippen LogP contribution in [-0.2, 0) is 4.79 Å². The summed E-state index contributed by atoms with van der Waals surface area (Å²) in [6.07, 6.45) is 2.97. The van der Waals surface area contributed by atoms with E-state index in [0.29, 0.717) is 21.8 Å². The second-order valence-corrected chi connectivity index (χ2v) is 7.46. The topological polar surface area (TPSA) is 85.3 Å². The zero-order valence-electron chi connectivity index (χ0n) is 15.6. The maximum Gasteiger partial charge on any atom is 0.250 e. The quantitative estimate of drug-likeness (QED) is 0.263. The minimum atomic E-state index is -0.265. The van der Waals surface area contributed by atoms with E-state index in [2.05, 4.69) is 20.7 Å². The number of carbonyl (C=O) groups excluding carboxylic acids is 1. The lowest BCUT2D eigenvalue weighted by molar-refractivity contribution is -0.118. The highest BCUT2D eigenvalue weighted by Gasteiger charge is 2.17. The number of thioether (sulfide) groups is 1. The largest absolute Gasteiger partial charge is 0.463 e. The fourth-order valence-electron chi connectivity index (χ4n) is 2.65. The third-order valence-corrected chi connectivity index (χ3v) is 5.19. The molecule has 0 unspecified atom stereocenters. The number of rotatable bonds is 7. The van der Waals surface area contributed by atoms with Gasteiger partial charge in [-0.2, -0.15) is 5.10 Å². The van der Waals surface area contributed by atoms with Gasteiger partial charge < -0.3 is 4.42 Å². The lowest BCUT2D eigenvalue weighted by atomic mass is 10.2. The number of para-hydroxylation sites is 1. The van der Waals surface area contributed by atoms with E-state index in [-0.39, 0.29) is 11.7 Å². The molecule has 4 aromatic rings. The van der Waals surface area contributed by atoms with Crippen LogP contribution in [0, 0.1) is 0 Å². The van der Waals surface area contributed by atoms with Crippen LogP contribution in [0.1, 0.15) is 5.76 Å². The van der Waals surface area contributed by atoms with Crippen molar-refractivity contribution in [2.45, 2.75) is 5.16 Å². The third-order valence-electron chi connectivity index (χ3n) is 4.01. The van der Waals surface area contributed by atoms with Crippen LogP contribution in [0.15, 0.2) is 87.7 Å². The van der Waals surface area contributed by atoms with Crippen molar-refractivity contribution in [1.82, 2.24) is 20.2 Å². The van der Waals surface area contributed by atoms with Crippen LogP contribution in [0.4, 0.5) is 0 Å². The molecule has 0 radical (unpaired) electrons. The average Bonchev–Trinajstić information content (AvgIpc) is 3.43. The zero-order valence-corrected chi connectivity index (χ0v) is 17.2. The first-order valence-corrected chi connectivity index (χ1v) is 10.3. The van der Waals surface area contributed by atoms with E-state index in [1.807, 2.05) is 47.0 Å². The highest BCUT2D eigenvalue weighted by atomic mass is 35.5. The summed E-state index contributed by atoms with van der Waals surface area (Å²) in [5, 5.41) is 13.8. The van der Waals surface area contributed by atoms with Crippen molar-refractivity contribution in [3.63, 3.8) is 0 Å². The minimum absolute atomic E-state index is 0.126. The summed E-state index contributed by atoms with van der Waals surface area (Å²) in [6.45, 7) is 0. The van der Waals surface area contributed by atoms with Gasteiger partial charge >= 0.3 is 0 Å². The number of furan rings is 1. The predicted molar refractivity (Wildman–Crippen MR) is 117 cm³/mol. The van der Waals surface area contributed by atoms with Gasteiger partial charge in [0.05, 0.1) is 18.2 Å². The Morgan fingerprint density at radius 2 is 1.90 bits per heavy atom. The van der Waals surface area contributed by atoms with Gasteiger partial charge in [0.1, 0.15) is 5.76 Å². The lowest BCUT2D eigenvalue weighted by Gasteiger charge is -2.10. The average molecular weight is 438 g/mol. The molecule has 0 bridgehead atoms. The van der Waals surface area contributed by atoms with Gasteiger partial charge in [0.25, 0.3) is 5.91 Å². The number of hydrogen-bond donors (Lipinski definition) is 1. The van der Waals surface area contributed by atoms with Gasteiger partial charge in [0.2, 0.25) is 0 Å². The number of hydrazone groups is 1. The van der Waals surface area contributed by atoms with E-state index in [1.165, 1.54) is 24.2 Å². The van der Waals surface area contributed by atoms with E-state index in [1.54, 1.807) is 24.3 Å². The van der Waals surface area contributed by atoms with Gasteiger partial charge in [-0.1, -0.05) is 41.6 Å². The summed E-state index contributed by atoms with van der Waals surface area (Å²) in [5.74, 6) is 1.08. The summed E-state index contributed by atoms with van der Waals surface area (Å²) < 4.78 is 7.04. The van der Waals surface area contributed by atoms with Crippen LogP contribution < -0.4 is 5.43 Å². The highest BCUT2D eigenvalue weighted by molar-refractivity contribution is 7.99. The smallest absolute Gasteiger partial charge is 0.250 e. The predicted octanol–water partition coefficient (Wildman–Crippen LogP) is 4.42. The molecule has 4 rings (SSSR count). The fourth-order valence-corrected chi connectivity index (χ4v) is 3.52. The van der Waals surface area contributed by atoms with Crippen LogP contribution >= 0.6 is 23.4 Å². The van der Waals surface area contributed by atoms with E-state index >= 15 is 0 Å². The summed E-state index contributed by atoms with van der Waals surface area (Å²) in [5.41, 5.74) is 4.24. The van der Waals surface area contributed by atoms with Crippen molar-refractivity contribution in [3.8, 4) is 17.1 Å². The molecule has 7 nitrogen and oxygen atoms in total. The van der Waals surface area contributed by atoms with Crippen molar-refractivity contribution in [1.29, 1.82) is 0 Å². The molecule has 2 heterocycles. The van der Waals surface area contributed by atoms with Gasteiger partial charge in [0.15, 0.2) is 11.0 Å². The number of carbonyl (C=O) groups is 1. The Bertz CT molecular complexity index is 1140. The van der Waals surface area contributed by atoms with Crippen LogP contribution in [0.5, 0.6) is 0 Å². The first kappa shape index (κ1) is 19.9. The molecular formula is C21H16ClN5O2S. The fraction of sp³-hybridized carbons (Fsp3) is 0.0476. The summed E-state index contributed by atoms with van der Waals surface area (Å²) >= 11 is 7.28. The molecule has 0 saturated carbocycles. The molecule has 0 aliphatic carbocycles. The second-order valence-electron chi connectivity index (χ2n) is 6.08. The van der Waals surface area contributed by atoms with Gasteiger partial charge in [-0.05, 0) is 48.5 Å². The SMILES string of the molecule is O=C(CSc1nnc(-c2ccc(Cl)cc2)n1-c1ccccc1)N/N=C/c1ccco1. The van der Waals surface area contributed by atoms with Crippen molar-refractivity contribution in [2.24, 2.45) is 5.10 Å². The van der Waals surface area contributed by atoms with Gasteiger partial charge in [0, 0.05) is 16.3 Å². The maximum atomic E-state index is 12.2. The molecule has 0 atom stereocenters. The number of hydrogen-bond acceptors (Lipinski definition) is 6. The summed E-state index contributed by atoms with van der Waals surface area (Å²) in [4.78, 5) is 12.2. The van der Waals surface area contributed by atoms with Crippen LogP contribution in [-0.4, -0.2) is 32.6 Å². The molecule has 30 heavy (non-hydrogen) atoms. The number of amides is 1. The Hall–Kier alpha value is -3.36. The highest BCUT2D eigenvalue weighted by Crippen LogP contribution is 2.28. The molecule has 0 saturated heterocycles. The molecule has 0 aliphatic heterocycles. The first-order valence-electron chi connectivity index (χ1n) is 8.96. The number of nitrogens with zero attached hydrogens (tertiary/aromatic N) is 4. The maximum absolute atomic E-state index is 12.2. The van der Waals surface area contributed by atoms with Crippen molar-refractivity contribution in [3.05, 3.63) is 83.8 Å². The molecule has 0 fully saturated rings. The van der Waals surface area contributed by atoms with Gasteiger partial charge in [-0.25, -0.2) is 5.43 Å². The van der Waals surface area contributed by atoms with E-state index in [0.717, 1.165) is 11.3 Å². The number of nitrogens with one attached hydrogen (secondary N) is 1. The molecule has 9 heteroatoms. The monoisotopic (exact) mass is 437 g/mol. The summed E-state index contributed by atoms with van der Waals surface area (Å²) in [6, 6.07) is 20.6. The molecule has 0 spiro atoms. The number of benzene rings is 2. The third kappa shape index (κ3) is 4.79. The Labute approximate surface area is 181 Å². The Kier molecular flexibility index (Phi) is 6.26. The Balaban J connectivity index is 1.53. The van der Waals surface area contributed by atoms with Crippen LogP contribution in [0.2, 0.25) is 5.02 Å². The number of halogens is 1.